The summed E-state index contributed by atoms with van der Waals surface area (Å²) in [5, 5.41) is 16.1. The number of hydrogen-bond donors (Lipinski definition) is 4. The maximum atomic E-state index is 13.2. The molecule has 2 amide bonds. The highest BCUT2D eigenvalue weighted by Gasteiger charge is 2.34. The molecule has 0 aliphatic carbocycles. The molecule has 0 saturated heterocycles. The van der Waals surface area contributed by atoms with Gasteiger partial charge in [-0.25, -0.2) is 4.79 Å². The molecule has 0 aliphatic rings. The third-order valence-corrected chi connectivity index (χ3v) is 5.18. The summed E-state index contributed by atoms with van der Waals surface area (Å²) in [5.74, 6) is -1.74. The van der Waals surface area contributed by atoms with Gasteiger partial charge in [-0.2, -0.15) is 0 Å². The molecule has 0 aliphatic heterocycles. The third-order valence-electron chi connectivity index (χ3n) is 5.18. The van der Waals surface area contributed by atoms with Crippen LogP contribution in [0.4, 0.5) is 0 Å². The topological polar surface area (TPSA) is 131 Å². The number of hydrogen-bond acceptors (Lipinski definition) is 6. The summed E-state index contributed by atoms with van der Waals surface area (Å²) in [6.45, 7) is 3.86. The predicted octanol–water partition coefficient (Wildman–Crippen LogP) is 1.48. The van der Waals surface area contributed by atoms with Gasteiger partial charge in [-0.15, -0.1) is 0 Å². The van der Waals surface area contributed by atoms with E-state index >= 15 is 0 Å². The highest BCUT2D eigenvalue weighted by atomic mass is 16.5. The molecule has 2 rings (SSSR count). The Balaban J connectivity index is 2.26. The second-order valence-electron chi connectivity index (χ2n) is 8.35. The number of methoxy groups -OCH3 is 1. The van der Waals surface area contributed by atoms with Crippen LogP contribution < -0.4 is 16.4 Å². The van der Waals surface area contributed by atoms with Gasteiger partial charge in [0.15, 0.2) is 0 Å². The van der Waals surface area contributed by atoms with Crippen molar-refractivity contribution in [3.63, 3.8) is 0 Å². The number of nitrogens with one attached hydrogen (secondary N) is 2. The molecule has 2 aromatic carbocycles. The SMILES string of the molecule is COC(=O)[C@H](Cc1ccccc1)NC(=O)[C@H](NC(=O)[C@@H](N)CC(C)C)[C@@H](O)c1ccccc1. The molecule has 8 nitrogen and oxygen atoms in total. The first-order chi connectivity index (χ1) is 15.7. The summed E-state index contributed by atoms with van der Waals surface area (Å²) in [4.78, 5) is 38.3. The number of esters is 1. The average Bonchev–Trinajstić information content (AvgIpc) is 2.81. The monoisotopic (exact) mass is 455 g/mol. The summed E-state index contributed by atoms with van der Waals surface area (Å²) in [6, 6.07) is 14.4. The molecule has 0 aromatic heterocycles. The van der Waals surface area contributed by atoms with Gasteiger partial charge in [0, 0.05) is 6.42 Å². The highest BCUT2D eigenvalue weighted by molar-refractivity contribution is 5.92. The third kappa shape index (κ3) is 8.00. The van der Waals surface area contributed by atoms with Gasteiger partial charge < -0.3 is 26.2 Å². The Hall–Kier alpha value is -3.23. The lowest BCUT2D eigenvalue weighted by Gasteiger charge is -2.27. The minimum atomic E-state index is -1.36. The van der Waals surface area contributed by atoms with Crippen molar-refractivity contribution >= 4 is 17.8 Å². The molecule has 0 saturated carbocycles. The predicted molar refractivity (Wildman–Crippen MR) is 125 cm³/mol. The molecule has 178 valence electrons. The first-order valence-electron chi connectivity index (χ1n) is 10.9. The van der Waals surface area contributed by atoms with Gasteiger partial charge in [-0.1, -0.05) is 74.5 Å². The zero-order valence-electron chi connectivity index (χ0n) is 19.2. The molecular formula is C25H33N3O5. The summed E-state index contributed by atoms with van der Waals surface area (Å²) in [7, 11) is 1.23. The largest absolute Gasteiger partial charge is 0.467 e. The fourth-order valence-corrected chi connectivity index (χ4v) is 3.45. The van der Waals surface area contributed by atoms with Crippen LogP contribution in [-0.4, -0.2) is 48.1 Å². The summed E-state index contributed by atoms with van der Waals surface area (Å²) >= 11 is 0. The zero-order valence-corrected chi connectivity index (χ0v) is 19.2. The Kier molecular flexibility index (Phi) is 10.0. The van der Waals surface area contributed by atoms with E-state index in [1.165, 1.54) is 7.11 Å². The van der Waals surface area contributed by atoms with E-state index in [9.17, 15) is 19.5 Å². The zero-order chi connectivity index (χ0) is 24.4. The maximum absolute atomic E-state index is 13.2. The Labute approximate surface area is 194 Å². The number of aliphatic hydroxyl groups excluding tert-OH is 1. The molecular weight excluding hydrogens is 422 g/mol. The highest BCUT2D eigenvalue weighted by Crippen LogP contribution is 2.18. The van der Waals surface area contributed by atoms with Gasteiger partial charge in [0.05, 0.1) is 13.2 Å². The Bertz CT molecular complexity index is 905. The van der Waals surface area contributed by atoms with E-state index in [1.54, 1.807) is 30.3 Å². The standard InChI is InChI=1S/C25H33N3O5/c1-16(2)14-19(26)23(30)28-21(22(29)18-12-8-5-9-13-18)24(31)27-20(25(32)33-3)15-17-10-6-4-7-11-17/h4-13,16,19-22,29H,14-15,26H2,1-3H3,(H,27,31)(H,28,30)/t19-,20-,21+,22-/m0/s1. The molecule has 0 radical (unpaired) electrons. The lowest BCUT2D eigenvalue weighted by molar-refractivity contribution is -0.146. The van der Waals surface area contributed by atoms with Crippen molar-refractivity contribution in [2.24, 2.45) is 11.7 Å². The van der Waals surface area contributed by atoms with E-state index < -0.39 is 42.0 Å². The van der Waals surface area contributed by atoms with E-state index in [1.807, 2.05) is 44.2 Å². The van der Waals surface area contributed by atoms with Crippen molar-refractivity contribution in [3.8, 4) is 0 Å². The molecule has 2 aromatic rings. The Morgan fingerprint density at radius 1 is 0.939 bits per heavy atom. The number of benzene rings is 2. The molecule has 4 atom stereocenters. The van der Waals surface area contributed by atoms with Gasteiger partial charge in [-0.3, -0.25) is 9.59 Å². The first kappa shape index (κ1) is 26.0. The second-order valence-corrected chi connectivity index (χ2v) is 8.35. The second kappa shape index (κ2) is 12.7. The molecule has 0 unspecified atom stereocenters. The van der Waals surface area contributed by atoms with Crippen LogP contribution in [0.5, 0.6) is 0 Å². The normalized spacial score (nSPS) is 14.6. The van der Waals surface area contributed by atoms with Crippen LogP contribution in [0.1, 0.15) is 37.5 Å². The first-order valence-corrected chi connectivity index (χ1v) is 10.9. The fourth-order valence-electron chi connectivity index (χ4n) is 3.45. The molecule has 5 N–H and O–H groups in total. The lowest BCUT2D eigenvalue weighted by atomic mass is 9.98. The van der Waals surface area contributed by atoms with Crippen LogP contribution in [0.15, 0.2) is 60.7 Å². The molecule has 0 bridgehead atoms. The van der Waals surface area contributed by atoms with Crippen molar-refractivity contribution in [1.29, 1.82) is 0 Å². The van der Waals surface area contributed by atoms with Gasteiger partial charge in [-0.05, 0) is 23.5 Å². The van der Waals surface area contributed by atoms with E-state index in [-0.39, 0.29) is 12.3 Å². The van der Waals surface area contributed by atoms with Crippen molar-refractivity contribution < 1.29 is 24.2 Å². The Morgan fingerprint density at radius 3 is 2.06 bits per heavy atom. The molecule has 8 heteroatoms. The number of carbonyl (C=O) groups is 3. The minimum Gasteiger partial charge on any atom is -0.467 e. The summed E-state index contributed by atoms with van der Waals surface area (Å²) in [5.41, 5.74) is 7.23. The summed E-state index contributed by atoms with van der Waals surface area (Å²) in [6.07, 6.45) is -0.745. The number of carbonyl (C=O) groups excluding carboxylic acids is 3. The van der Waals surface area contributed by atoms with E-state index in [2.05, 4.69) is 10.6 Å². The van der Waals surface area contributed by atoms with E-state index in [0.29, 0.717) is 12.0 Å². The number of aliphatic hydroxyl groups is 1. The molecule has 0 heterocycles. The van der Waals surface area contributed by atoms with Crippen LogP contribution in [0, 0.1) is 5.92 Å². The molecule has 0 spiro atoms. The quantitative estimate of drug-likeness (QED) is 0.380. The van der Waals surface area contributed by atoms with Gasteiger partial charge in [0.1, 0.15) is 18.2 Å². The van der Waals surface area contributed by atoms with Gasteiger partial charge in [0.2, 0.25) is 11.8 Å². The van der Waals surface area contributed by atoms with Crippen LogP contribution in [0.25, 0.3) is 0 Å². The van der Waals surface area contributed by atoms with Crippen molar-refractivity contribution in [1.82, 2.24) is 10.6 Å². The van der Waals surface area contributed by atoms with Crippen LogP contribution in [0.3, 0.4) is 0 Å². The number of amides is 2. The van der Waals surface area contributed by atoms with Crippen LogP contribution in [-0.2, 0) is 25.5 Å². The van der Waals surface area contributed by atoms with Gasteiger partial charge >= 0.3 is 5.97 Å². The van der Waals surface area contributed by atoms with Crippen LogP contribution >= 0.6 is 0 Å². The van der Waals surface area contributed by atoms with E-state index in [0.717, 1.165) is 5.56 Å². The minimum absolute atomic E-state index is 0.173. The van der Waals surface area contributed by atoms with Crippen molar-refractivity contribution in [3.05, 3.63) is 71.8 Å². The smallest absolute Gasteiger partial charge is 0.328 e. The fraction of sp³-hybridized carbons (Fsp3) is 0.400. The number of ether oxygens (including phenoxy) is 1. The van der Waals surface area contributed by atoms with Crippen molar-refractivity contribution in [2.75, 3.05) is 7.11 Å². The molecule has 33 heavy (non-hydrogen) atoms. The number of nitrogens with two attached hydrogens (primary N) is 1. The van der Waals surface area contributed by atoms with E-state index in [4.69, 9.17) is 10.5 Å². The molecule has 0 fully saturated rings. The summed E-state index contributed by atoms with van der Waals surface area (Å²) < 4.78 is 4.85. The Morgan fingerprint density at radius 2 is 1.52 bits per heavy atom. The van der Waals surface area contributed by atoms with Gasteiger partial charge in [0.25, 0.3) is 0 Å². The average molecular weight is 456 g/mol. The van der Waals surface area contributed by atoms with Crippen LogP contribution in [0.2, 0.25) is 0 Å². The van der Waals surface area contributed by atoms with Crippen molar-refractivity contribution in [2.45, 2.75) is 50.9 Å². The maximum Gasteiger partial charge on any atom is 0.328 e. The lowest BCUT2D eigenvalue weighted by Crippen LogP contribution is -2.57. The number of rotatable bonds is 11.